The van der Waals surface area contributed by atoms with Gasteiger partial charge in [-0.1, -0.05) is 11.6 Å². The number of ketones is 1. The molecule has 0 radical (unpaired) electrons. The third kappa shape index (κ3) is 1.88. The lowest BCUT2D eigenvalue weighted by molar-refractivity contribution is 0.101. The predicted molar refractivity (Wildman–Crippen MR) is 50.9 cm³/mol. The van der Waals surface area contributed by atoms with Crippen LogP contribution in [0, 0.1) is 18.3 Å². The third-order valence-corrected chi connectivity index (χ3v) is 2.01. The van der Waals surface area contributed by atoms with E-state index in [1.807, 2.05) is 13.0 Å². The highest BCUT2D eigenvalue weighted by atomic mass is 35.5. The number of hydrogen-bond donors (Lipinski definition) is 0. The minimum Gasteiger partial charge on any atom is -0.294 e. The Hall–Kier alpha value is -1.33. The zero-order valence-corrected chi connectivity index (χ0v) is 8.14. The van der Waals surface area contributed by atoms with Gasteiger partial charge in [-0.25, -0.2) is 0 Å². The summed E-state index contributed by atoms with van der Waals surface area (Å²) in [6, 6.07) is 5.29. The highest BCUT2D eigenvalue weighted by Crippen LogP contribution is 2.22. The Morgan fingerprint density at radius 3 is 2.62 bits per heavy atom. The van der Waals surface area contributed by atoms with E-state index in [1.54, 1.807) is 12.1 Å². The highest BCUT2D eigenvalue weighted by Gasteiger charge is 2.11. The maximum Gasteiger partial charge on any atom is 0.162 e. The first-order valence-electron chi connectivity index (χ1n) is 3.77. The van der Waals surface area contributed by atoms with E-state index in [2.05, 4.69) is 0 Å². The van der Waals surface area contributed by atoms with Crippen LogP contribution in [-0.4, -0.2) is 5.78 Å². The van der Waals surface area contributed by atoms with Gasteiger partial charge in [0.1, 0.15) is 0 Å². The first-order valence-corrected chi connectivity index (χ1v) is 4.15. The molecule has 1 rings (SSSR count). The van der Waals surface area contributed by atoms with E-state index < -0.39 is 0 Å². The van der Waals surface area contributed by atoms with Crippen LogP contribution in [0.1, 0.15) is 28.4 Å². The molecule has 0 aromatic heterocycles. The average molecular weight is 194 g/mol. The van der Waals surface area contributed by atoms with Crippen molar-refractivity contribution in [2.75, 3.05) is 0 Å². The molecule has 3 heteroatoms. The van der Waals surface area contributed by atoms with Crippen molar-refractivity contribution >= 4 is 17.4 Å². The number of aryl methyl sites for hydroxylation is 1. The SMILES string of the molecule is CC(=O)c1c(Cl)cc(C)cc1C#N. The molecular weight excluding hydrogens is 186 g/mol. The van der Waals surface area contributed by atoms with Gasteiger partial charge in [-0.2, -0.15) is 5.26 Å². The summed E-state index contributed by atoms with van der Waals surface area (Å²) < 4.78 is 0. The van der Waals surface area contributed by atoms with Crippen molar-refractivity contribution in [1.82, 2.24) is 0 Å². The molecule has 0 spiro atoms. The third-order valence-electron chi connectivity index (χ3n) is 1.71. The number of nitriles is 1. The van der Waals surface area contributed by atoms with Gasteiger partial charge < -0.3 is 0 Å². The van der Waals surface area contributed by atoms with Crippen LogP contribution >= 0.6 is 11.6 Å². The van der Waals surface area contributed by atoms with E-state index in [1.165, 1.54) is 6.92 Å². The van der Waals surface area contributed by atoms with E-state index in [9.17, 15) is 4.79 Å². The molecule has 0 bridgehead atoms. The number of nitrogens with zero attached hydrogens (tertiary/aromatic N) is 1. The number of carbonyl (C=O) groups is 1. The fraction of sp³-hybridized carbons (Fsp3) is 0.200. The molecule has 0 saturated carbocycles. The summed E-state index contributed by atoms with van der Waals surface area (Å²) in [4.78, 5) is 11.1. The van der Waals surface area contributed by atoms with Gasteiger partial charge in [-0.05, 0) is 31.5 Å². The van der Waals surface area contributed by atoms with Crippen LogP contribution in [-0.2, 0) is 0 Å². The van der Waals surface area contributed by atoms with Crippen molar-refractivity contribution in [1.29, 1.82) is 5.26 Å². The maximum absolute atomic E-state index is 11.1. The Bertz CT molecular complexity index is 404. The van der Waals surface area contributed by atoms with E-state index in [4.69, 9.17) is 16.9 Å². The van der Waals surface area contributed by atoms with Crippen molar-refractivity contribution < 1.29 is 4.79 Å². The normalized spacial score (nSPS) is 9.38. The number of halogens is 1. The molecule has 0 aliphatic carbocycles. The van der Waals surface area contributed by atoms with Crippen molar-refractivity contribution in [3.05, 3.63) is 33.8 Å². The van der Waals surface area contributed by atoms with Gasteiger partial charge in [0.25, 0.3) is 0 Å². The average Bonchev–Trinajstić information content (AvgIpc) is 2.01. The predicted octanol–water partition coefficient (Wildman–Crippen LogP) is 2.72. The van der Waals surface area contributed by atoms with Crippen molar-refractivity contribution in [2.24, 2.45) is 0 Å². The molecule has 1 aromatic rings. The van der Waals surface area contributed by atoms with Crippen LogP contribution < -0.4 is 0 Å². The molecule has 0 amide bonds. The first kappa shape index (κ1) is 9.76. The standard InChI is InChI=1S/C10H8ClNO/c1-6-3-8(5-12)10(7(2)13)9(11)4-6/h3-4H,1-2H3. The smallest absolute Gasteiger partial charge is 0.162 e. The molecule has 0 heterocycles. The topological polar surface area (TPSA) is 40.9 Å². The minimum absolute atomic E-state index is 0.179. The molecule has 0 atom stereocenters. The molecule has 0 aliphatic heterocycles. The van der Waals surface area contributed by atoms with Crippen molar-refractivity contribution in [3.8, 4) is 6.07 Å². The van der Waals surface area contributed by atoms with Crippen LogP contribution in [0.5, 0.6) is 0 Å². The van der Waals surface area contributed by atoms with Crippen LogP contribution in [0.2, 0.25) is 5.02 Å². The van der Waals surface area contributed by atoms with Crippen LogP contribution in [0.4, 0.5) is 0 Å². The minimum atomic E-state index is -0.179. The second-order valence-electron chi connectivity index (χ2n) is 2.84. The zero-order chi connectivity index (χ0) is 10.0. The number of carbonyl (C=O) groups excluding carboxylic acids is 1. The number of benzene rings is 1. The quantitative estimate of drug-likeness (QED) is 0.644. The highest BCUT2D eigenvalue weighted by molar-refractivity contribution is 6.34. The Kier molecular flexibility index (Phi) is 2.69. The van der Waals surface area contributed by atoms with Gasteiger partial charge in [0.15, 0.2) is 5.78 Å². The van der Waals surface area contributed by atoms with Gasteiger partial charge in [0, 0.05) is 0 Å². The fourth-order valence-corrected chi connectivity index (χ4v) is 1.60. The molecule has 1 aromatic carbocycles. The Labute approximate surface area is 81.7 Å². The van der Waals surface area contributed by atoms with Gasteiger partial charge >= 0.3 is 0 Å². The first-order chi connectivity index (χ1) is 6.06. The Morgan fingerprint density at radius 2 is 2.15 bits per heavy atom. The molecule has 0 fully saturated rings. The molecule has 0 unspecified atom stereocenters. The van der Waals surface area contributed by atoms with Crippen molar-refractivity contribution in [3.63, 3.8) is 0 Å². The molecule has 66 valence electrons. The zero-order valence-electron chi connectivity index (χ0n) is 7.39. The molecule has 0 aliphatic rings. The van der Waals surface area contributed by atoms with Gasteiger partial charge in [-0.3, -0.25) is 4.79 Å². The number of Topliss-reactive ketones (excluding diaryl/α,β-unsaturated/α-hetero) is 1. The number of rotatable bonds is 1. The molecule has 2 nitrogen and oxygen atoms in total. The van der Waals surface area contributed by atoms with Gasteiger partial charge in [0.05, 0.1) is 22.2 Å². The monoisotopic (exact) mass is 193 g/mol. The summed E-state index contributed by atoms with van der Waals surface area (Å²) >= 11 is 5.84. The molecule has 13 heavy (non-hydrogen) atoms. The molecular formula is C10H8ClNO. The summed E-state index contributed by atoms with van der Waals surface area (Å²) in [5.41, 5.74) is 1.54. The second kappa shape index (κ2) is 3.59. The summed E-state index contributed by atoms with van der Waals surface area (Å²) in [6.45, 7) is 3.23. The van der Waals surface area contributed by atoms with E-state index in [0.29, 0.717) is 16.1 Å². The summed E-state index contributed by atoms with van der Waals surface area (Å²) in [5.74, 6) is -0.179. The summed E-state index contributed by atoms with van der Waals surface area (Å²) in [5, 5.41) is 9.11. The lowest BCUT2D eigenvalue weighted by Crippen LogP contribution is -1.98. The summed E-state index contributed by atoms with van der Waals surface area (Å²) in [6.07, 6.45) is 0. The number of hydrogen-bond acceptors (Lipinski definition) is 2. The van der Waals surface area contributed by atoms with Gasteiger partial charge in [0.2, 0.25) is 0 Å². The Morgan fingerprint density at radius 1 is 1.54 bits per heavy atom. The van der Waals surface area contributed by atoms with Crippen LogP contribution in [0.3, 0.4) is 0 Å². The largest absolute Gasteiger partial charge is 0.294 e. The maximum atomic E-state index is 11.1. The summed E-state index contributed by atoms with van der Waals surface area (Å²) in [7, 11) is 0. The lowest BCUT2D eigenvalue weighted by atomic mass is 10.0. The van der Waals surface area contributed by atoms with Crippen molar-refractivity contribution in [2.45, 2.75) is 13.8 Å². The van der Waals surface area contributed by atoms with Crippen LogP contribution in [0.15, 0.2) is 12.1 Å². The fourth-order valence-electron chi connectivity index (χ4n) is 1.19. The van der Waals surface area contributed by atoms with Gasteiger partial charge in [-0.15, -0.1) is 0 Å². The molecule has 0 saturated heterocycles. The second-order valence-corrected chi connectivity index (χ2v) is 3.24. The van der Waals surface area contributed by atoms with E-state index in [0.717, 1.165) is 5.56 Å². The van der Waals surface area contributed by atoms with E-state index in [-0.39, 0.29) is 5.78 Å². The van der Waals surface area contributed by atoms with E-state index >= 15 is 0 Å². The van der Waals surface area contributed by atoms with Crippen LogP contribution in [0.25, 0.3) is 0 Å². The molecule has 0 N–H and O–H groups in total. The lowest BCUT2D eigenvalue weighted by Gasteiger charge is -2.03. The Balaban J connectivity index is 3.50.